The van der Waals surface area contributed by atoms with Gasteiger partial charge < -0.3 is 9.47 Å². The SMILES string of the molecule is CCOCCC(NN)c1cncc(OC)c1. The Bertz CT molecular complexity index is 307. The minimum Gasteiger partial charge on any atom is -0.495 e. The molecule has 5 heteroatoms. The summed E-state index contributed by atoms with van der Waals surface area (Å²) in [6.45, 7) is 3.36. The second-order valence-electron chi connectivity index (χ2n) is 3.36. The molecule has 0 fully saturated rings. The third-order valence-corrected chi connectivity index (χ3v) is 2.33. The summed E-state index contributed by atoms with van der Waals surface area (Å²) in [5.41, 5.74) is 3.75. The largest absolute Gasteiger partial charge is 0.495 e. The quantitative estimate of drug-likeness (QED) is 0.412. The van der Waals surface area contributed by atoms with Crippen LogP contribution in [0.5, 0.6) is 5.75 Å². The highest BCUT2D eigenvalue weighted by Gasteiger charge is 2.10. The lowest BCUT2D eigenvalue weighted by Crippen LogP contribution is -2.29. The lowest BCUT2D eigenvalue weighted by molar-refractivity contribution is 0.136. The zero-order chi connectivity index (χ0) is 11.8. The van der Waals surface area contributed by atoms with Gasteiger partial charge in [-0.1, -0.05) is 0 Å². The first-order chi connectivity index (χ1) is 7.81. The molecular formula is C11H19N3O2. The predicted molar refractivity (Wildman–Crippen MR) is 62.0 cm³/mol. The van der Waals surface area contributed by atoms with Crippen LogP contribution in [0, 0.1) is 0 Å². The monoisotopic (exact) mass is 225 g/mol. The molecule has 0 amide bonds. The van der Waals surface area contributed by atoms with Crippen molar-refractivity contribution in [1.82, 2.24) is 10.4 Å². The van der Waals surface area contributed by atoms with Crippen LogP contribution < -0.4 is 16.0 Å². The Hall–Kier alpha value is -1.17. The van der Waals surface area contributed by atoms with Crippen LogP contribution in [-0.2, 0) is 4.74 Å². The second-order valence-corrected chi connectivity index (χ2v) is 3.36. The van der Waals surface area contributed by atoms with Gasteiger partial charge >= 0.3 is 0 Å². The van der Waals surface area contributed by atoms with Gasteiger partial charge in [-0.2, -0.15) is 0 Å². The number of hydrogen-bond donors (Lipinski definition) is 2. The predicted octanol–water partition coefficient (Wildman–Crippen LogP) is 1.02. The van der Waals surface area contributed by atoms with E-state index in [1.54, 1.807) is 19.5 Å². The molecule has 1 aromatic heterocycles. The van der Waals surface area contributed by atoms with Crippen molar-refractivity contribution in [3.63, 3.8) is 0 Å². The van der Waals surface area contributed by atoms with Gasteiger partial charge in [0.2, 0.25) is 0 Å². The van der Waals surface area contributed by atoms with E-state index in [0.717, 1.165) is 17.7 Å². The number of nitrogens with one attached hydrogen (secondary N) is 1. The topological polar surface area (TPSA) is 69.4 Å². The molecule has 90 valence electrons. The Kier molecular flexibility index (Phi) is 5.77. The molecule has 0 radical (unpaired) electrons. The molecule has 1 atom stereocenters. The molecule has 0 saturated heterocycles. The van der Waals surface area contributed by atoms with E-state index in [-0.39, 0.29) is 6.04 Å². The van der Waals surface area contributed by atoms with Crippen LogP contribution in [0.15, 0.2) is 18.5 Å². The van der Waals surface area contributed by atoms with Gasteiger partial charge in [-0.3, -0.25) is 16.3 Å². The number of rotatable bonds is 7. The second kappa shape index (κ2) is 7.16. The molecule has 0 spiro atoms. The Morgan fingerprint density at radius 3 is 2.94 bits per heavy atom. The molecule has 1 rings (SSSR count). The summed E-state index contributed by atoms with van der Waals surface area (Å²) >= 11 is 0. The smallest absolute Gasteiger partial charge is 0.137 e. The van der Waals surface area contributed by atoms with E-state index in [1.165, 1.54) is 0 Å². The third-order valence-electron chi connectivity index (χ3n) is 2.33. The zero-order valence-corrected chi connectivity index (χ0v) is 9.77. The maximum Gasteiger partial charge on any atom is 0.137 e. The number of methoxy groups -OCH3 is 1. The van der Waals surface area contributed by atoms with Crippen molar-refractivity contribution >= 4 is 0 Å². The average molecular weight is 225 g/mol. The fourth-order valence-electron chi connectivity index (χ4n) is 1.43. The van der Waals surface area contributed by atoms with E-state index < -0.39 is 0 Å². The first kappa shape index (κ1) is 12.9. The summed E-state index contributed by atoms with van der Waals surface area (Å²) in [5, 5.41) is 0. The van der Waals surface area contributed by atoms with E-state index in [4.69, 9.17) is 15.3 Å². The van der Waals surface area contributed by atoms with Gasteiger partial charge in [0.05, 0.1) is 13.3 Å². The van der Waals surface area contributed by atoms with Gasteiger partial charge in [0.1, 0.15) is 5.75 Å². The number of ether oxygens (including phenoxy) is 2. The molecule has 0 aliphatic rings. The van der Waals surface area contributed by atoms with Crippen molar-refractivity contribution in [2.24, 2.45) is 5.84 Å². The molecular weight excluding hydrogens is 206 g/mol. The normalized spacial score (nSPS) is 12.4. The van der Waals surface area contributed by atoms with Gasteiger partial charge in [-0.05, 0) is 25.0 Å². The summed E-state index contributed by atoms with van der Waals surface area (Å²) in [7, 11) is 1.62. The lowest BCUT2D eigenvalue weighted by Gasteiger charge is -2.16. The highest BCUT2D eigenvalue weighted by Crippen LogP contribution is 2.19. The number of nitrogens with zero attached hydrogens (tertiary/aromatic N) is 1. The van der Waals surface area contributed by atoms with Gasteiger partial charge in [0, 0.05) is 25.5 Å². The maximum atomic E-state index is 5.50. The number of pyridine rings is 1. The number of nitrogens with two attached hydrogens (primary N) is 1. The molecule has 0 saturated carbocycles. The Morgan fingerprint density at radius 2 is 2.31 bits per heavy atom. The highest BCUT2D eigenvalue weighted by atomic mass is 16.5. The summed E-state index contributed by atoms with van der Waals surface area (Å²) in [6, 6.07) is 1.96. The Balaban J connectivity index is 2.62. The lowest BCUT2D eigenvalue weighted by atomic mass is 10.1. The van der Waals surface area contributed by atoms with Crippen LogP contribution >= 0.6 is 0 Å². The Morgan fingerprint density at radius 1 is 1.50 bits per heavy atom. The van der Waals surface area contributed by atoms with Crippen molar-refractivity contribution in [3.05, 3.63) is 24.0 Å². The third kappa shape index (κ3) is 3.77. The van der Waals surface area contributed by atoms with E-state index in [0.29, 0.717) is 13.2 Å². The minimum absolute atomic E-state index is 0.0362. The molecule has 0 aliphatic heterocycles. The van der Waals surface area contributed by atoms with Crippen LogP contribution in [0.4, 0.5) is 0 Å². The van der Waals surface area contributed by atoms with E-state index in [2.05, 4.69) is 10.4 Å². The van der Waals surface area contributed by atoms with Crippen molar-refractivity contribution in [1.29, 1.82) is 0 Å². The average Bonchev–Trinajstić information content (AvgIpc) is 2.35. The minimum atomic E-state index is 0.0362. The first-order valence-electron chi connectivity index (χ1n) is 5.34. The molecule has 3 N–H and O–H groups in total. The van der Waals surface area contributed by atoms with Gasteiger partial charge in [0.25, 0.3) is 0 Å². The van der Waals surface area contributed by atoms with E-state index in [1.807, 2.05) is 13.0 Å². The fourth-order valence-corrected chi connectivity index (χ4v) is 1.43. The molecule has 16 heavy (non-hydrogen) atoms. The summed E-state index contributed by atoms with van der Waals surface area (Å²) in [5.74, 6) is 6.24. The standard InChI is InChI=1S/C11H19N3O2/c1-3-16-5-4-11(14-12)9-6-10(15-2)8-13-7-9/h6-8,11,14H,3-5,12H2,1-2H3. The number of hydrogen-bond acceptors (Lipinski definition) is 5. The molecule has 0 bridgehead atoms. The summed E-state index contributed by atoms with van der Waals surface area (Å²) in [4.78, 5) is 4.09. The number of aromatic nitrogens is 1. The van der Waals surface area contributed by atoms with Gasteiger partial charge in [-0.25, -0.2) is 0 Å². The van der Waals surface area contributed by atoms with Crippen LogP contribution in [-0.4, -0.2) is 25.3 Å². The zero-order valence-electron chi connectivity index (χ0n) is 9.77. The maximum absolute atomic E-state index is 5.50. The first-order valence-corrected chi connectivity index (χ1v) is 5.34. The van der Waals surface area contributed by atoms with Crippen LogP contribution in [0.25, 0.3) is 0 Å². The molecule has 0 aromatic carbocycles. The van der Waals surface area contributed by atoms with Gasteiger partial charge in [0.15, 0.2) is 0 Å². The highest BCUT2D eigenvalue weighted by molar-refractivity contribution is 5.25. The number of hydrazine groups is 1. The van der Waals surface area contributed by atoms with Crippen molar-refractivity contribution in [2.75, 3.05) is 20.3 Å². The molecule has 5 nitrogen and oxygen atoms in total. The molecule has 1 aromatic rings. The van der Waals surface area contributed by atoms with Crippen LogP contribution in [0.3, 0.4) is 0 Å². The van der Waals surface area contributed by atoms with Crippen LogP contribution in [0.2, 0.25) is 0 Å². The Labute approximate surface area is 95.9 Å². The fraction of sp³-hybridized carbons (Fsp3) is 0.545. The molecule has 1 unspecified atom stereocenters. The molecule has 1 heterocycles. The summed E-state index contributed by atoms with van der Waals surface area (Å²) in [6.07, 6.45) is 4.25. The van der Waals surface area contributed by atoms with Crippen molar-refractivity contribution < 1.29 is 9.47 Å². The van der Waals surface area contributed by atoms with Crippen LogP contribution in [0.1, 0.15) is 24.9 Å². The van der Waals surface area contributed by atoms with Crippen molar-refractivity contribution in [2.45, 2.75) is 19.4 Å². The van der Waals surface area contributed by atoms with Gasteiger partial charge in [-0.15, -0.1) is 0 Å². The van der Waals surface area contributed by atoms with E-state index in [9.17, 15) is 0 Å². The summed E-state index contributed by atoms with van der Waals surface area (Å²) < 4.78 is 10.4. The molecule has 0 aliphatic carbocycles. The van der Waals surface area contributed by atoms with E-state index >= 15 is 0 Å². The van der Waals surface area contributed by atoms with Crippen molar-refractivity contribution in [3.8, 4) is 5.75 Å².